The maximum absolute atomic E-state index is 13.4. The molecule has 0 radical (unpaired) electrons. The van der Waals surface area contributed by atoms with E-state index in [4.69, 9.17) is 0 Å². The van der Waals surface area contributed by atoms with Crippen LogP contribution in [0.1, 0.15) is 33.6 Å². The van der Waals surface area contributed by atoms with Gasteiger partial charge in [-0.2, -0.15) is 4.31 Å². The van der Waals surface area contributed by atoms with Gasteiger partial charge in [0.15, 0.2) is 0 Å². The molecule has 1 saturated heterocycles. The summed E-state index contributed by atoms with van der Waals surface area (Å²) in [6, 6.07) is 9.68. The molecule has 156 valence electrons. The average molecular weight is 434 g/mol. The molecule has 0 spiro atoms. The van der Waals surface area contributed by atoms with Crippen LogP contribution in [0.25, 0.3) is 0 Å². The Morgan fingerprint density at radius 2 is 1.79 bits per heavy atom. The molecular weight excluding hydrogens is 406 g/mol. The molecule has 0 atom stereocenters. The molecule has 29 heavy (non-hydrogen) atoms. The van der Waals surface area contributed by atoms with Gasteiger partial charge >= 0.3 is 0 Å². The van der Waals surface area contributed by atoms with E-state index < -0.39 is 10.0 Å². The van der Waals surface area contributed by atoms with Crippen molar-refractivity contribution >= 4 is 27.3 Å². The Morgan fingerprint density at radius 1 is 1.10 bits per heavy atom. The minimum absolute atomic E-state index is 0.145. The standard InChI is InChI=1S/C21H27N3O3S2/c1-22-11-8-18(9-12-22)23(2)21(25)20-19(10-14-28-20)29(26,27)24-13-7-16-5-3-4-6-17(16)15-24/h3-6,10,14,18H,7-9,11-13,15H2,1-2H3. The van der Waals surface area contributed by atoms with E-state index in [0.717, 1.165) is 31.5 Å². The highest BCUT2D eigenvalue weighted by Gasteiger charge is 2.34. The fourth-order valence-electron chi connectivity index (χ4n) is 4.18. The highest BCUT2D eigenvalue weighted by Crippen LogP contribution is 2.31. The summed E-state index contributed by atoms with van der Waals surface area (Å²) in [5.74, 6) is -0.189. The third-order valence-electron chi connectivity index (χ3n) is 6.09. The van der Waals surface area contributed by atoms with Crippen LogP contribution in [-0.2, 0) is 23.0 Å². The summed E-state index contributed by atoms with van der Waals surface area (Å²) >= 11 is 1.22. The van der Waals surface area contributed by atoms with Gasteiger partial charge in [0.05, 0.1) is 0 Å². The Hall–Kier alpha value is -1.74. The zero-order valence-corrected chi connectivity index (χ0v) is 18.5. The molecule has 0 unspecified atom stereocenters. The van der Waals surface area contributed by atoms with Gasteiger partial charge in [0.1, 0.15) is 9.77 Å². The van der Waals surface area contributed by atoms with E-state index in [1.165, 1.54) is 21.2 Å². The monoisotopic (exact) mass is 433 g/mol. The van der Waals surface area contributed by atoms with Crippen LogP contribution in [-0.4, -0.2) is 68.2 Å². The van der Waals surface area contributed by atoms with Crippen LogP contribution in [0.2, 0.25) is 0 Å². The molecule has 2 aliphatic rings. The van der Waals surface area contributed by atoms with Gasteiger partial charge < -0.3 is 9.80 Å². The molecule has 1 aromatic carbocycles. The van der Waals surface area contributed by atoms with E-state index in [1.807, 2.05) is 18.2 Å². The Balaban J connectivity index is 1.56. The highest BCUT2D eigenvalue weighted by molar-refractivity contribution is 7.89. The number of likely N-dealkylation sites (tertiary alicyclic amines) is 1. The quantitative estimate of drug-likeness (QED) is 0.744. The van der Waals surface area contributed by atoms with Crippen LogP contribution in [0.4, 0.5) is 0 Å². The van der Waals surface area contributed by atoms with Gasteiger partial charge in [0, 0.05) is 26.2 Å². The van der Waals surface area contributed by atoms with Crippen molar-refractivity contribution in [3.05, 3.63) is 51.7 Å². The maximum Gasteiger partial charge on any atom is 0.265 e. The second kappa shape index (κ2) is 8.18. The van der Waals surface area contributed by atoms with Crippen LogP contribution in [0.5, 0.6) is 0 Å². The lowest BCUT2D eigenvalue weighted by molar-refractivity contribution is 0.0661. The molecular formula is C21H27N3O3S2. The van der Waals surface area contributed by atoms with Crippen molar-refractivity contribution in [2.45, 2.75) is 36.7 Å². The first-order valence-electron chi connectivity index (χ1n) is 9.98. The highest BCUT2D eigenvalue weighted by atomic mass is 32.2. The van der Waals surface area contributed by atoms with Crippen LogP contribution < -0.4 is 0 Å². The Labute approximate surface area is 176 Å². The molecule has 0 aliphatic carbocycles. The molecule has 6 nitrogen and oxygen atoms in total. The first kappa shape index (κ1) is 20.5. The Morgan fingerprint density at radius 3 is 2.52 bits per heavy atom. The lowest BCUT2D eigenvalue weighted by atomic mass is 10.0. The van der Waals surface area contributed by atoms with Crippen molar-refractivity contribution < 1.29 is 13.2 Å². The van der Waals surface area contributed by atoms with Gasteiger partial charge in [0.25, 0.3) is 5.91 Å². The molecule has 0 saturated carbocycles. The van der Waals surface area contributed by atoms with Crippen molar-refractivity contribution in [2.24, 2.45) is 0 Å². The van der Waals surface area contributed by atoms with Crippen LogP contribution >= 0.6 is 11.3 Å². The smallest absolute Gasteiger partial charge is 0.265 e. The lowest BCUT2D eigenvalue weighted by Crippen LogP contribution is -2.44. The van der Waals surface area contributed by atoms with E-state index in [2.05, 4.69) is 18.0 Å². The molecule has 1 fully saturated rings. The summed E-state index contributed by atoms with van der Waals surface area (Å²) in [4.78, 5) is 17.6. The molecule has 0 bridgehead atoms. The number of sulfonamides is 1. The van der Waals surface area contributed by atoms with Crippen molar-refractivity contribution in [3.63, 3.8) is 0 Å². The van der Waals surface area contributed by atoms with Gasteiger partial charge in [-0.25, -0.2) is 8.42 Å². The van der Waals surface area contributed by atoms with E-state index in [9.17, 15) is 13.2 Å². The zero-order chi connectivity index (χ0) is 20.6. The second-order valence-electron chi connectivity index (χ2n) is 7.92. The first-order chi connectivity index (χ1) is 13.9. The second-order valence-corrected chi connectivity index (χ2v) is 10.7. The number of rotatable bonds is 4. The van der Waals surface area contributed by atoms with Crippen LogP contribution in [0.15, 0.2) is 40.6 Å². The topological polar surface area (TPSA) is 60.9 Å². The third kappa shape index (κ3) is 3.99. The number of fused-ring (bicyclic) bond motifs is 1. The van der Waals surface area contributed by atoms with Gasteiger partial charge in [-0.15, -0.1) is 11.3 Å². The summed E-state index contributed by atoms with van der Waals surface area (Å²) < 4.78 is 28.3. The summed E-state index contributed by atoms with van der Waals surface area (Å²) in [6.45, 7) is 2.69. The SMILES string of the molecule is CN1CCC(N(C)C(=O)c2sccc2S(=O)(=O)N2CCc3ccccc3C2)CC1. The van der Waals surface area contributed by atoms with Crippen LogP contribution in [0.3, 0.4) is 0 Å². The van der Waals surface area contributed by atoms with Gasteiger partial charge in [-0.3, -0.25) is 4.79 Å². The van der Waals surface area contributed by atoms with Crippen LogP contribution in [0, 0.1) is 0 Å². The average Bonchev–Trinajstić information content (AvgIpc) is 3.23. The third-order valence-corrected chi connectivity index (χ3v) is 9.01. The number of nitrogens with zero attached hydrogens (tertiary/aromatic N) is 3. The van der Waals surface area contributed by atoms with E-state index in [-0.39, 0.29) is 16.8 Å². The van der Waals surface area contributed by atoms with E-state index in [0.29, 0.717) is 24.4 Å². The molecule has 2 aliphatic heterocycles. The Kier molecular flexibility index (Phi) is 5.79. The largest absolute Gasteiger partial charge is 0.338 e. The maximum atomic E-state index is 13.4. The summed E-state index contributed by atoms with van der Waals surface area (Å²) in [6.07, 6.45) is 2.52. The molecule has 3 heterocycles. The molecule has 2 aromatic rings. The fourth-order valence-corrected chi connectivity index (χ4v) is 6.97. The number of thiophene rings is 1. The summed E-state index contributed by atoms with van der Waals surface area (Å²) in [7, 11) is 0.157. The van der Waals surface area contributed by atoms with E-state index >= 15 is 0 Å². The predicted molar refractivity (Wildman–Crippen MR) is 115 cm³/mol. The van der Waals surface area contributed by atoms with Gasteiger partial charge in [0.2, 0.25) is 10.0 Å². The number of amides is 1. The van der Waals surface area contributed by atoms with Crippen molar-refractivity contribution in [1.82, 2.24) is 14.1 Å². The minimum atomic E-state index is -3.72. The Bertz CT molecular complexity index is 994. The van der Waals surface area contributed by atoms with Crippen molar-refractivity contribution in [2.75, 3.05) is 33.7 Å². The molecule has 4 rings (SSSR count). The number of hydrogen-bond donors (Lipinski definition) is 0. The predicted octanol–water partition coefficient (Wildman–Crippen LogP) is 2.66. The molecule has 1 amide bonds. The van der Waals surface area contributed by atoms with Gasteiger partial charge in [-0.1, -0.05) is 24.3 Å². The van der Waals surface area contributed by atoms with E-state index in [1.54, 1.807) is 23.4 Å². The lowest BCUT2D eigenvalue weighted by Gasteiger charge is -2.35. The number of piperidine rings is 1. The molecule has 8 heteroatoms. The normalized spacial score (nSPS) is 19.1. The summed E-state index contributed by atoms with van der Waals surface area (Å²) in [5.41, 5.74) is 2.23. The zero-order valence-electron chi connectivity index (χ0n) is 16.9. The fraction of sp³-hybridized carbons (Fsp3) is 0.476. The number of carbonyl (C=O) groups is 1. The van der Waals surface area contributed by atoms with Crippen molar-refractivity contribution in [1.29, 1.82) is 0 Å². The first-order valence-corrected chi connectivity index (χ1v) is 12.3. The summed E-state index contributed by atoms with van der Waals surface area (Å²) in [5, 5.41) is 1.71. The molecule has 1 aromatic heterocycles. The number of carbonyl (C=O) groups excluding carboxylic acids is 1. The van der Waals surface area contributed by atoms with Crippen molar-refractivity contribution in [3.8, 4) is 0 Å². The molecule has 0 N–H and O–H groups in total. The number of benzene rings is 1. The number of hydrogen-bond acceptors (Lipinski definition) is 5. The minimum Gasteiger partial charge on any atom is -0.338 e. The van der Waals surface area contributed by atoms with Gasteiger partial charge in [-0.05, 0) is 62.0 Å².